The largest absolute Gasteiger partial charge is 0.336 e. The summed E-state index contributed by atoms with van der Waals surface area (Å²) in [4.78, 5) is 14.1. The van der Waals surface area contributed by atoms with Gasteiger partial charge in [0.2, 0.25) is 10.0 Å². The molecule has 1 saturated heterocycles. The van der Waals surface area contributed by atoms with E-state index < -0.39 is 15.8 Å². The Hall–Kier alpha value is -2.76. The second kappa shape index (κ2) is 7.23. The molecule has 0 saturated carbocycles. The van der Waals surface area contributed by atoms with Gasteiger partial charge in [-0.3, -0.25) is 4.79 Å². The first-order chi connectivity index (χ1) is 12.4. The second-order valence-corrected chi connectivity index (χ2v) is 7.78. The van der Waals surface area contributed by atoms with Gasteiger partial charge >= 0.3 is 0 Å². The maximum absolute atomic E-state index is 13.0. The lowest BCUT2D eigenvalue weighted by molar-refractivity contribution is 0.0698. The van der Waals surface area contributed by atoms with E-state index in [0.29, 0.717) is 11.1 Å². The van der Waals surface area contributed by atoms with Gasteiger partial charge in [0.15, 0.2) is 0 Å². The summed E-state index contributed by atoms with van der Waals surface area (Å²) in [5.41, 5.74) is 0.798. The number of nitriles is 1. The molecule has 8 heteroatoms. The minimum absolute atomic E-state index is 0.0281. The summed E-state index contributed by atoms with van der Waals surface area (Å²) in [7, 11) is -3.72. The van der Waals surface area contributed by atoms with Crippen LogP contribution in [0.15, 0.2) is 53.4 Å². The molecule has 0 radical (unpaired) electrons. The Labute approximate surface area is 151 Å². The molecule has 3 rings (SSSR count). The third-order valence-corrected chi connectivity index (χ3v) is 6.13. The van der Waals surface area contributed by atoms with E-state index in [2.05, 4.69) is 0 Å². The third-order valence-electron chi connectivity index (χ3n) is 4.22. The molecule has 26 heavy (non-hydrogen) atoms. The molecule has 0 N–H and O–H groups in total. The van der Waals surface area contributed by atoms with Gasteiger partial charge in [-0.05, 0) is 42.5 Å². The fourth-order valence-electron chi connectivity index (χ4n) is 2.79. The van der Waals surface area contributed by atoms with Gasteiger partial charge in [-0.2, -0.15) is 9.57 Å². The lowest BCUT2D eigenvalue weighted by Gasteiger charge is -2.34. The molecule has 1 heterocycles. The zero-order valence-electron chi connectivity index (χ0n) is 13.8. The quantitative estimate of drug-likeness (QED) is 0.822. The van der Waals surface area contributed by atoms with E-state index in [1.54, 1.807) is 23.1 Å². The monoisotopic (exact) mass is 373 g/mol. The van der Waals surface area contributed by atoms with Crippen molar-refractivity contribution in [3.05, 3.63) is 65.5 Å². The van der Waals surface area contributed by atoms with Crippen LogP contribution in [0.5, 0.6) is 0 Å². The van der Waals surface area contributed by atoms with E-state index in [-0.39, 0.29) is 37.0 Å². The van der Waals surface area contributed by atoms with Crippen molar-refractivity contribution in [2.75, 3.05) is 26.2 Å². The highest BCUT2D eigenvalue weighted by Crippen LogP contribution is 2.19. The van der Waals surface area contributed by atoms with Gasteiger partial charge in [0.1, 0.15) is 5.82 Å². The molecule has 0 bridgehead atoms. The van der Waals surface area contributed by atoms with E-state index in [1.807, 2.05) is 6.07 Å². The second-order valence-electron chi connectivity index (χ2n) is 5.84. The summed E-state index contributed by atoms with van der Waals surface area (Å²) in [6.45, 7) is 0.804. The fraction of sp³-hybridized carbons (Fsp3) is 0.222. The van der Waals surface area contributed by atoms with Crippen LogP contribution in [0.3, 0.4) is 0 Å². The average molecular weight is 373 g/mol. The minimum atomic E-state index is -3.72. The minimum Gasteiger partial charge on any atom is -0.336 e. The molecule has 2 aromatic rings. The van der Waals surface area contributed by atoms with Crippen molar-refractivity contribution in [1.29, 1.82) is 5.26 Å². The predicted molar refractivity (Wildman–Crippen MR) is 92.2 cm³/mol. The zero-order chi connectivity index (χ0) is 18.7. The van der Waals surface area contributed by atoms with E-state index in [1.165, 1.54) is 22.5 Å². The molecule has 1 amide bonds. The van der Waals surface area contributed by atoms with Gasteiger partial charge in [0.25, 0.3) is 5.91 Å². The lowest BCUT2D eigenvalue weighted by Crippen LogP contribution is -2.50. The van der Waals surface area contributed by atoms with Crippen molar-refractivity contribution in [1.82, 2.24) is 9.21 Å². The number of benzene rings is 2. The van der Waals surface area contributed by atoms with Gasteiger partial charge in [-0.1, -0.05) is 6.07 Å². The SMILES string of the molecule is N#Cc1cccc(C(=O)N2CCN(S(=O)(=O)c3ccc(F)cc3)CC2)c1. The molecule has 1 aliphatic heterocycles. The van der Waals surface area contributed by atoms with Crippen LogP contribution < -0.4 is 0 Å². The highest BCUT2D eigenvalue weighted by molar-refractivity contribution is 7.89. The molecular weight excluding hydrogens is 357 g/mol. The summed E-state index contributed by atoms with van der Waals surface area (Å²) < 4.78 is 39.5. The Bertz CT molecular complexity index is 960. The number of hydrogen-bond acceptors (Lipinski definition) is 4. The molecule has 0 spiro atoms. The Morgan fingerprint density at radius 3 is 2.31 bits per heavy atom. The number of piperazine rings is 1. The maximum atomic E-state index is 13.0. The van der Waals surface area contributed by atoms with Crippen LogP contribution in [-0.2, 0) is 10.0 Å². The smallest absolute Gasteiger partial charge is 0.253 e. The van der Waals surface area contributed by atoms with Crippen molar-refractivity contribution in [3.8, 4) is 6.07 Å². The number of amides is 1. The molecule has 1 aliphatic rings. The van der Waals surface area contributed by atoms with Crippen molar-refractivity contribution >= 4 is 15.9 Å². The van der Waals surface area contributed by atoms with Crippen LogP contribution in [-0.4, -0.2) is 49.7 Å². The highest BCUT2D eigenvalue weighted by Gasteiger charge is 2.30. The van der Waals surface area contributed by atoms with Crippen LogP contribution in [0.25, 0.3) is 0 Å². The van der Waals surface area contributed by atoms with E-state index >= 15 is 0 Å². The molecule has 0 unspecified atom stereocenters. The molecule has 1 fully saturated rings. The number of nitrogens with zero attached hydrogens (tertiary/aromatic N) is 3. The number of sulfonamides is 1. The summed E-state index contributed by atoms with van der Waals surface area (Å²) in [5.74, 6) is -0.736. The first-order valence-corrected chi connectivity index (χ1v) is 9.41. The first kappa shape index (κ1) is 18.0. The Morgan fingerprint density at radius 2 is 1.69 bits per heavy atom. The fourth-order valence-corrected chi connectivity index (χ4v) is 4.21. The van der Waals surface area contributed by atoms with Gasteiger partial charge in [0.05, 0.1) is 16.5 Å². The molecule has 0 atom stereocenters. The number of carbonyl (C=O) groups excluding carboxylic acids is 1. The number of rotatable bonds is 3. The van der Waals surface area contributed by atoms with Crippen LogP contribution >= 0.6 is 0 Å². The van der Waals surface area contributed by atoms with E-state index in [9.17, 15) is 17.6 Å². The molecule has 134 valence electrons. The Kier molecular flexibility index (Phi) is 5.02. The van der Waals surface area contributed by atoms with Gasteiger partial charge in [0, 0.05) is 31.7 Å². The lowest BCUT2D eigenvalue weighted by atomic mass is 10.1. The van der Waals surface area contributed by atoms with E-state index in [4.69, 9.17) is 5.26 Å². The number of carbonyl (C=O) groups is 1. The van der Waals surface area contributed by atoms with Crippen molar-refractivity contribution in [2.24, 2.45) is 0 Å². The third kappa shape index (κ3) is 3.59. The predicted octanol–water partition coefficient (Wildman–Crippen LogP) is 1.84. The molecule has 6 nitrogen and oxygen atoms in total. The van der Waals surface area contributed by atoms with Crippen molar-refractivity contribution in [3.63, 3.8) is 0 Å². The molecular formula is C18H16FN3O3S. The van der Waals surface area contributed by atoms with Crippen LogP contribution in [0.2, 0.25) is 0 Å². The zero-order valence-corrected chi connectivity index (χ0v) is 14.6. The normalized spacial score (nSPS) is 15.5. The first-order valence-electron chi connectivity index (χ1n) is 7.97. The Balaban J connectivity index is 1.69. The standard InChI is InChI=1S/C18H16FN3O3S/c19-16-4-6-17(7-5-16)26(24,25)22-10-8-21(9-11-22)18(23)15-3-1-2-14(12-15)13-20/h1-7,12H,8-11H2. The van der Waals surface area contributed by atoms with Crippen molar-refractivity contribution in [2.45, 2.75) is 4.90 Å². The maximum Gasteiger partial charge on any atom is 0.253 e. The Morgan fingerprint density at radius 1 is 1.04 bits per heavy atom. The van der Waals surface area contributed by atoms with Gasteiger partial charge in [-0.15, -0.1) is 0 Å². The van der Waals surface area contributed by atoms with Gasteiger partial charge in [-0.25, -0.2) is 12.8 Å². The molecule has 0 aromatic heterocycles. The summed E-state index contributed by atoms with van der Waals surface area (Å²) in [5, 5.41) is 8.93. The summed E-state index contributed by atoms with van der Waals surface area (Å²) in [6.07, 6.45) is 0. The number of hydrogen-bond donors (Lipinski definition) is 0. The van der Waals surface area contributed by atoms with E-state index in [0.717, 1.165) is 12.1 Å². The highest BCUT2D eigenvalue weighted by atomic mass is 32.2. The average Bonchev–Trinajstić information content (AvgIpc) is 2.68. The van der Waals surface area contributed by atoms with Crippen LogP contribution in [0, 0.1) is 17.1 Å². The molecule has 0 aliphatic carbocycles. The summed E-state index contributed by atoms with van der Waals surface area (Å²) >= 11 is 0. The number of halogens is 1. The van der Waals surface area contributed by atoms with Crippen LogP contribution in [0.1, 0.15) is 15.9 Å². The topological polar surface area (TPSA) is 81.5 Å². The summed E-state index contributed by atoms with van der Waals surface area (Å²) in [6, 6.07) is 13.1. The van der Waals surface area contributed by atoms with Gasteiger partial charge < -0.3 is 4.90 Å². The molecule has 2 aromatic carbocycles. The van der Waals surface area contributed by atoms with Crippen molar-refractivity contribution < 1.29 is 17.6 Å². The van der Waals surface area contributed by atoms with Crippen LogP contribution in [0.4, 0.5) is 4.39 Å².